The van der Waals surface area contributed by atoms with Crippen molar-refractivity contribution in [2.45, 2.75) is 84.7 Å². The second kappa shape index (κ2) is 32.4. The van der Waals surface area contributed by atoms with Gasteiger partial charge in [-0.05, 0) is 151 Å². The first-order valence-corrected chi connectivity index (χ1v) is 35.4. The molecule has 6 amide bonds. The lowest BCUT2D eigenvalue weighted by molar-refractivity contribution is -0.136. The molecule has 1 aliphatic carbocycles. The number of hydrogen-bond acceptors (Lipinski definition) is 19. The molecule has 0 saturated carbocycles. The van der Waals surface area contributed by atoms with Crippen molar-refractivity contribution in [1.29, 1.82) is 0 Å². The SMILES string of the molecule is CC1(C)CCC(c2ccc(Cl)cc2)=C(CN2CCN(c3ccc(C(=O)NSc4ccc(N[C@H](CCN5CCN(C(=O)CN6C=C(COCCOCCNc7cccc8c7C(=O)N(C7CCC(=O)NC7=O)C8=O)NN6)CC5)CSc5ccccc5)c(SC(F)(F)F)c4)cc3)CC2)C1. The molecule has 96 heavy (non-hydrogen) atoms. The summed E-state index contributed by atoms with van der Waals surface area (Å²) >= 11 is 8.65. The van der Waals surface area contributed by atoms with E-state index in [1.807, 2.05) is 59.5 Å². The smallest absolute Gasteiger partial charge is 0.382 e. The molecule has 510 valence electrons. The van der Waals surface area contributed by atoms with Gasteiger partial charge in [-0.3, -0.25) is 58.5 Å². The quantitative estimate of drug-likeness (QED) is 0.0119. The van der Waals surface area contributed by atoms with Crippen LogP contribution in [0.1, 0.15) is 89.0 Å². The highest BCUT2D eigenvalue weighted by molar-refractivity contribution is 8.00. The largest absolute Gasteiger partial charge is 0.446 e. The van der Waals surface area contributed by atoms with Crippen LogP contribution in [0, 0.1) is 5.41 Å². The number of carbonyl (C=O) groups excluding carboxylic acids is 6. The van der Waals surface area contributed by atoms with Crippen molar-refractivity contribution in [2.24, 2.45) is 5.41 Å². The Morgan fingerprint density at radius 3 is 2.29 bits per heavy atom. The number of anilines is 3. The summed E-state index contributed by atoms with van der Waals surface area (Å²) in [6.07, 6.45) is 5.77. The van der Waals surface area contributed by atoms with Gasteiger partial charge in [-0.25, -0.2) is 0 Å². The van der Waals surface area contributed by atoms with Gasteiger partial charge < -0.3 is 35.3 Å². The third kappa shape index (κ3) is 18.9. The lowest BCUT2D eigenvalue weighted by Crippen LogP contribution is -2.54. The van der Waals surface area contributed by atoms with Crippen molar-refractivity contribution >= 4 is 105 Å². The molecule has 27 heteroatoms. The van der Waals surface area contributed by atoms with Crippen LogP contribution in [0.2, 0.25) is 5.02 Å². The normalized spacial score (nSPS) is 18.9. The number of halogens is 4. The Kier molecular flexibility index (Phi) is 23.6. The number of carbonyl (C=O) groups is 6. The fourth-order valence-electron chi connectivity index (χ4n) is 12.7. The lowest BCUT2D eigenvalue weighted by atomic mass is 9.73. The van der Waals surface area contributed by atoms with Gasteiger partial charge in [0, 0.05) is 139 Å². The zero-order valence-corrected chi connectivity index (χ0v) is 56.9. The van der Waals surface area contributed by atoms with Gasteiger partial charge in [0.1, 0.15) is 12.6 Å². The number of nitrogens with zero attached hydrogens (tertiary/aromatic N) is 6. The van der Waals surface area contributed by atoms with E-state index in [1.54, 1.807) is 59.4 Å². The van der Waals surface area contributed by atoms with Gasteiger partial charge in [-0.1, -0.05) is 67.4 Å². The average molecular weight is 1390 g/mol. The highest BCUT2D eigenvalue weighted by Crippen LogP contribution is 2.44. The fraction of sp³-hybridized carbons (Fsp3) is 0.420. The van der Waals surface area contributed by atoms with Crippen LogP contribution in [-0.2, 0) is 23.9 Å². The summed E-state index contributed by atoms with van der Waals surface area (Å²) in [5, 5.41) is 11.2. The van der Waals surface area contributed by atoms with Crippen molar-refractivity contribution in [1.82, 2.24) is 45.6 Å². The third-order valence-electron chi connectivity index (χ3n) is 17.8. The number of nitrogens with one attached hydrogen (secondary N) is 6. The summed E-state index contributed by atoms with van der Waals surface area (Å²) < 4.78 is 57.2. The predicted octanol–water partition coefficient (Wildman–Crippen LogP) is 9.99. The molecule has 5 heterocycles. The topological polar surface area (TPSA) is 212 Å². The minimum absolute atomic E-state index is 0.00184. The van der Waals surface area contributed by atoms with Gasteiger partial charge in [-0.2, -0.15) is 13.2 Å². The van der Waals surface area contributed by atoms with Crippen molar-refractivity contribution < 1.29 is 51.4 Å². The van der Waals surface area contributed by atoms with Crippen LogP contribution in [0.15, 0.2) is 147 Å². The molecule has 0 spiro atoms. The molecule has 5 aromatic rings. The summed E-state index contributed by atoms with van der Waals surface area (Å²) in [5.74, 6) is -2.12. The number of allylic oxidation sites excluding steroid dienone is 1. The van der Waals surface area contributed by atoms with Crippen LogP contribution in [0.3, 0.4) is 0 Å². The Labute approximate surface area is 575 Å². The van der Waals surface area contributed by atoms with Crippen LogP contribution in [-0.4, -0.2) is 188 Å². The Hall–Kier alpha value is -7.27. The molecular formula is C69H80ClF3N12O8S3. The van der Waals surface area contributed by atoms with Crippen LogP contribution in [0.25, 0.3) is 5.57 Å². The minimum atomic E-state index is -4.57. The van der Waals surface area contributed by atoms with Gasteiger partial charge in [0.25, 0.3) is 17.7 Å². The lowest BCUT2D eigenvalue weighted by Gasteiger charge is -2.39. The Balaban J connectivity index is 0.601. The molecule has 0 radical (unpaired) electrons. The maximum absolute atomic E-state index is 14.3. The highest BCUT2D eigenvalue weighted by Gasteiger charge is 2.46. The second-order valence-corrected chi connectivity index (χ2v) is 28.8. The zero-order valence-electron chi connectivity index (χ0n) is 53.7. The van der Waals surface area contributed by atoms with Crippen LogP contribution in [0.5, 0.6) is 0 Å². The standard InChI is InChI=1S/C69H80ClF3N12O8S3/c1-68(2)25-23-55(46-11-15-49(70)16-12-46)48(40-68)41-81-30-32-82(33-31-81)52-17-13-47(14-18-52)64(88)78-96-54-19-20-57(60(39-54)95-69(71,72)73)75-50(45-94-53-7-4-3-5-8-53)24-27-80-28-34-83(35-29-80)62(87)43-84-42-51(77-79-84)44-93-38-37-92-36-26-74-58-10-6-9-56-63(58)67(91)85(66(56)90)59-21-22-61(86)76-65(59)89/h3-20,39,42,50,59,74-75,77,79H,21-38,40-41,43-45H2,1-2H3,(H,78,88)(H,76,86,89)/t50-,59?/m1/s1. The second-order valence-electron chi connectivity index (χ2n) is 25.2. The number of hydrazine groups is 2. The van der Waals surface area contributed by atoms with Crippen LogP contribution < -0.4 is 36.5 Å². The monoisotopic (exact) mass is 1390 g/mol. The Bertz CT molecular complexity index is 3670. The van der Waals surface area contributed by atoms with Crippen molar-refractivity contribution in [2.75, 3.05) is 126 Å². The molecule has 5 aromatic carbocycles. The van der Waals surface area contributed by atoms with Crippen LogP contribution >= 0.6 is 47.1 Å². The first kappa shape index (κ1) is 70.1. The van der Waals surface area contributed by atoms with E-state index in [-0.39, 0.29) is 96.9 Å². The van der Waals surface area contributed by atoms with E-state index in [4.69, 9.17) is 21.1 Å². The minimum Gasteiger partial charge on any atom is -0.382 e. The molecule has 3 fully saturated rings. The Morgan fingerprint density at radius 1 is 0.792 bits per heavy atom. The highest BCUT2D eigenvalue weighted by atomic mass is 35.5. The number of alkyl halides is 3. The predicted molar refractivity (Wildman–Crippen MR) is 369 cm³/mol. The van der Waals surface area contributed by atoms with E-state index in [0.29, 0.717) is 79.0 Å². The molecule has 6 N–H and O–H groups in total. The number of rotatable bonds is 28. The van der Waals surface area contributed by atoms with Gasteiger partial charge in [0.05, 0.1) is 43.3 Å². The fourth-order valence-corrected chi connectivity index (χ4v) is 15.2. The molecule has 2 atom stereocenters. The molecule has 11 rings (SSSR count). The maximum atomic E-state index is 14.3. The zero-order chi connectivity index (χ0) is 67.3. The average Bonchev–Trinajstić information content (AvgIpc) is 1.60. The summed E-state index contributed by atoms with van der Waals surface area (Å²) in [4.78, 5) is 89.1. The molecule has 1 unspecified atom stereocenters. The molecule has 0 bridgehead atoms. The first-order chi connectivity index (χ1) is 46.3. The van der Waals surface area contributed by atoms with Gasteiger partial charge in [-0.15, -0.1) is 17.3 Å². The van der Waals surface area contributed by atoms with Crippen molar-refractivity contribution in [3.05, 3.63) is 160 Å². The van der Waals surface area contributed by atoms with E-state index in [1.165, 1.54) is 28.8 Å². The number of imide groups is 2. The van der Waals surface area contributed by atoms with Crippen molar-refractivity contribution in [3.63, 3.8) is 0 Å². The van der Waals surface area contributed by atoms with E-state index >= 15 is 0 Å². The number of piperazine rings is 2. The number of hydrogen-bond donors (Lipinski definition) is 6. The number of amides is 6. The van der Waals surface area contributed by atoms with E-state index in [0.717, 1.165) is 84.4 Å². The Morgan fingerprint density at radius 2 is 1.54 bits per heavy atom. The van der Waals surface area contributed by atoms with E-state index in [2.05, 4.69) is 72.3 Å². The van der Waals surface area contributed by atoms with E-state index in [9.17, 15) is 41.9 Å². The molecule has 20 nitrogen and oxygen atoms in total. The first-order valence-electron chi connectivity index (χ1n) is 32.4. The van der Waals surface area contributed by atoms with Gasteiger partial charge in [0.15, 0.2) is 0 Å². The molecule has 3 saturated heterocycles. The number of benzene rings is 5. The molecule has 6 aliphatic rings. The summed E-state index contributed by atoms with van der Waals surface area (Å²) in [6.45, 7) is 13.6. The number of piperidine rings is 1. The molecule has 0 aromatic heterocycles. The summed E-state index contributed by atoms with van der Waals surface area (Å²) in [6, 6.07) is 34.0. The third-order valence-corrected chi connectivity index (χ3v) is 20.8. The van der Waals surface area contributed by atoms with Gasteiger partial charge >= 0.3 is 5.51 Å². The van der Waals surface area contributed by atoms with Crippen molar-refractivity contribution in [3.8, 4) is 0 Å². The summed E-state index contributed by atoms with van der Waals surface area (Å²) in [5.41, 5.74) is 9.24. The number of thioether (sulfide) groups is 2. The number of ether oxygens (including phenoxy) is 2. The maximum Gasteiger partial charge on any atom is 0.446 e. The summed E-state index contributed by atoms with van der Waals surface area (Å²) in [7, 11) is 0. The molecule has 5 aliphatic heterocycles. The van der Waals surface area contributed by atoms with Gasteiger partial charge in [0.2, 0.25) is 17.7 Å². The molecular weight excluding hydrogens is 1310 g/mol. The number of fused-ring (bicyclic) bond motifs is 1. The van der Waals surface area contributed by atoms with E-state index < -0.39 is 35.2 Å². The van der Waals surface area contributed by atoms with Crippen LogP contribution in [0.4, 0.5) is 30.2 Å².